The van der Waals surface area contributed by atoms with E-state index in [1.54, 1.807) is 0 Å². The number of nitrogens with two attached hydrogens (primary N) is 1. The van der Waals surface area contributed by atoms with E-state index < -0.39 is 5.97 Å². The largest absolute Gasteiger partial charge is 0.481 e. The van der Waals surface area contributed by atoms with Gasteiger partial charge in [-0.15, -0.1) is 0 Å². The van der Waals surface area contributed by atoms with Gasteiger partial charge in [0.05, 0.1) is 5.92 Å². The second-order valence-electron chi connectivity index (χ2n) is 3.08. The summed E-state index contributed by atoms with van der Waals surface area (Å²) >= 11 is 0. The average Bonchev–Trinajstić information content (AvgIpc) is 2.11. The predicted molar refractivity (Wildman–Crippen MR) is 37.5 cm³/mol. The van der Waals surface area contributed by atoms with Crippen LogP contribution in [-0.2, 0) is 4.79 Å². The van der Waals surface area contributed by atoms with Crippen molar-refractivity contribution < 1.29 is 9.90 Å². The zero-order valence-corrected chi connectivity index (χ0v) is 6.08. The van der Waals surface area contributed by atoms with Gasteiger partial charge in [-0.2, -0.15) is 0 Å². The maximum Gasteiger partial charge on any atom is 0.308 e. The lowest BCUT2D eigenvalue weighted by Crippen LogP contribution is -2.33. The molecular formula is C7H13NO2. The Hall–Kier alpha value is -0.570. The van der Waals surface area contributed by atoms with Gasteiger partial charge < -0.3 is 10.8 Å². The molecule has 0 aromatic rings. The minimum atomic E-state index is -0.738. The number of hydrogen-bond acceptors (Lipinski definition) is 2. The molecule has 10 heavy (non-hydrogen) atoms. The van der Waals surface area contributed by atoms with Gasteiger partial charge in [0.15, 0.2) is 0 Å². The summed E-state index contributed by atoms with van der Waals surface area (Å²) in [5.41, 5.74) is 5.59. The molecule has 3 unspecified atom stereocenters. The molecule has 1 aliphatic rings. The van der Waals surface area contributed by atoms with Crippen LogP contribution in [0, 0.1) is 11.8 Å². The van der Waals surface area contributed by atoms with Gasteiger partial charge in [0, 0.05) is 6.04 Å². The Kier molecular flexibility index (Phi) is 1.94. The van der Waals surface area contributed by atoms with Crippen LogP contribution in [0.1, 0.15) is 19.8 Å². The first-order chi connectivity index (χ1) is 4.63. The molecule has 3 heteroatoms. The van der Waals surface area contributed by atoms with Crippen molar-refractivity contribution in [3.05, 3.63) is 0 Å². The van der Waals surface area contributed by atoms with Crippen LogP contribution < -0.4 is 5.73 Å². The van der Waals surface area contributed by atoms with Crippen molar-refractivity contribution in [1.82, 2.24) is 0 Å². The molecule has 0 spiro atoms. The molecule has 1 saturated carbocycles. The van der Waals surface area contributed by atoms with Gasteiger partial charge in [0.2, 0.25) is 0 Å². The first-order valence-electron chi connectivity index (χ1n) is 3.61. The highest BCUT2D eigenvalue weighted by molar-refractivity contribution is 5.71. The van der Waals surface area contributed by atoms with Crippen molar-refractivity contribution in [2.45, 2.75) is 25.8 Å². The smallest absolute Gasteiger partial charge is 0.308 e. The maximum absolute atomic E-state index is 10.5. The normalized spacial score (nSPS) is 40.0. The predicted octanol–water partition coefficient (Wildman–Crippen LogP) is 0.444. The zero-order chi connectivity index (χ0) is 7.72. The van der Waals surface area contributed by atoms with Crippen LogP contribution in [-0.4, -0.2) is 17.1 Å². The molecule has 0 aliphatic heterocycles. The van der Waals surface area contributed by atoms with E-state index in [9.17, 15) is 4.79 Å². The third-order valence-electron chi connectivity index (χ3n) is 2.31. The van der Waals surface area contributed by atoms with E-state index in [4.69, 9.17) is 10.8 Å². The van der Waals surface area contributed by atoms with Gasteiger partial charge in [0.25, 0.3) is 0 Å². The highest BCUT2D eigenvalue weighted by Crippen LogP contribution is 2.30. The first-order valence-corrected chi connectivity index (χ1v) is 3.61. The molecule has 0 aromatic heterocycles. The number of carbonyl (C=O) groups is 1. The van der Waals surface area contributed by atoms with Crippen molar-refractivity contribution >= 4 is 5.97 Å². The maximum atomic E-state index is 10.5. The number of rotatable bonds is 1. The first kappa shape index (κ1) is 7.54. The molecule has 0 bridgehead atoms. The number of carboxylic acids is 1. The Morgan fingerprint density at radius 1 is 1.60 bits per heavy atom. The van der Waals surface area contributed by atoms with Crippen molar-refractivity contribution in [3.63, 3.8) is 0 Å². The fraction of sp³-hybridized carbons (Fsp3) is 0.857. The van der Waals surface area contributed by atoms with Crippen molar-refractivity contribution in [2.24, 2.45) is 17.6 Å². The minimum absolute atomic E-state index is 0.118. The van der Waals surface area contributed by atoms with Crippen LogP contribution in [0.4, 0.5) is 0 Å². The summed E-state index contributed by atoms with van der Waals surface area (Å²) in [6, 6.07) is -0.118. The fourth-order valence-electron chi connectivity index (χ4n) is 1.66. The lowest BCUT2D eigenvalue weighted by Gasteiger charge is -2.13. The van der Waals surface area contributed by atoms with E-state index in [0.717, 1.165) is 12.8 Å². The summed E-state index contributed by atoms with van der Waals surface area (Å²) < 4.78 is 0. The average molecular weight is 143 g/mol. The Bertz CT molecular complexity index is 137. The topological polar surface area (TPSA) is 63.3 Å². The highest BCUT2D eigenvalue weighted by atomic mass is 16.4. The summed E-state index contributed by atoms with van der Waals surface area (Å²) in [5.74, 6) is -0.787. The van der Waals surface area contributed by atoms with E-state index in [2.05, 4.69) is 0 Å². The third kappa shape index (κ3) is 1.14. The fourth-order valence-corrected chi connectivity index (χ4v) is 1.66. The molecule has 0 saturated heterocycles. The van der Waals surface area contributed by atoms with Crippen LogP contribution >= 0.6 is 0 Å². The van der Waals surface area contributed by atoms with Crippen molar-refractivity contribution in [3.8, 4) is 0 Å². The Balaban J connectivity index is 2.63. The molecular weight excluding hydrogens is 130 g/mol. The standard InChI is InChI=1S/C7H13NO2/c1-4-2-3-5(8)6(4)7(9)10/h4-6H,2-3,8H2,1H3,(H,9,10). The van der Waals surface area contributed by atoms with Gasteiger partial charge in [-0.25, -0.2) is 0 Å². The van der Waals surface area contributed by atoms with Crippen LogP contribution in [0.2, 0.25) is 0 Å². The summed E-state index contributed by atoms with van der Waals surface area (Å²) in [6.07, 6.45) is 1.82. The molecule has 0 radical (unpaired) electrons. The number of aliphatic carboxylic acids is 1. The van der Waals surface area contributed by atoms with E-state index in [1.807, 2.05) is 6.92 Å². The number of hydrogen-bond donors (Lipinski definition) is 2. The van der Waals surface area contributed by atoms with Crippen molar-refractivity contribution in [2.75, 3.05) is 0 Å². The van der Waals surface area contributed by atoms with E-state index >= 15 is 0 Å². The molecule has 3 N–H and O–H groups in total. The summed E-state index contributed by atoms with van der Waals surface area (Å²) in [4.78, 5) is 10.5. The van der Waals surface area contributed by atoms with E-state index in [0.29, 0.717) is 0 Å². The van der Waals surface area contributed by atoms with Crippen LogP contribution in [0.5, 0.6) is 0 Å². The molecule has 1 rings (SSSR count). The Morgan fingerprint density at radius 2 is 2.20 bits per heavy atom. The molecule has 0 aromatic carbocycles. The zero-order valence-electron chi connectivity index (χ0n) is 6.08. The lowest BCUT2D eigenvalue weighted by molar-refractivity contribution is -0.143. The molecule has 3 nitrogen and oxygen atoms in total. The van der Waals surface area contributed by atoms with Gasteiger partial charge in [-0.05, 0) is 18.8 Å². The SMILES string of the molecule is CC1CCC(N)C1C(=O)O. The monoisotopic (exact) mass is 143 g/mol. The summed E-state index contributed by atoms with van der Waals surface area (Å²) in [7, 11) is 0. The Morgan fingerprint density at radius 3 is 2.40 bits per heavy atom. The quantitative estimate of drug-likeness (QED) is 0.560. The lowest BCUT2D eigenvalue weighted by atomic mass is 9.96. The minimum Gasteiger partial charge on any atom is -0.481 e. The number of carboxylic acid groups (broad SMARTS) is 1. The van der Waals surface area contributed by atoms with Crippen molar-refractivity contribution in [1.29, 1.82) is 0 Å². The van der Waals surface area contributed by atoms with Crippen LogP contribution in [0.15, 0.2) is 0 Å². The molecule has 1 aliphatic carbocycles. The highest BCUT2D eigenvalue weighted by Gasteiger charge is 2.35. The van der Waals surface area contributed by atoms with Gasteiger partial charge in [0.1, 0.15) is 0 Å². The molecule has 58 valence electrons. The van der Waals surface area contributed by atoms with Gasteiger partial charge >= 0.3 is 5.97 Å². The summed E-state index contributed by atoms with van der Waals surface area (Å²) in [6.45, 7) is 1.95. The van der Waals surface area contributed by atoms with Crippen LogP contribution in [0.25, 0.3) is 0 Å². The second kappa shape index (κ2) is 2.58. The van der Waals surface area contributed by atoms with E-state index in [1.165, 1.54) is 0 Å². The molecule has 0 heterocycles. The van der Waals surface area contributed by atoms with Gasteiger partial charge in [-0.3, -0.25) is 4.79 Å². The second-order valence-corrected chi connectivity index (χ2v) is 3.08. The third-order valence-corrected chi connectivity index (χ3v) is 2.31. The van der Waals surface area contributed by atoms with E-state index in [-0.39, 0.29) is 17.9 Å². The Labute approximate surface area is 60.2 Å². The summed E-state index contributed by atoms with van der Waals surface area (Å²) in [5, 5.41) is 8.67. The van der Waals surface area contributed by atoms with Gasteiger partial charge in [-0.1, -0.05) is 6.92 Å². The van der Waals surface area contributed by atoms with Crippen LogP contribution in [0.3, 0.4) is 0 Å². The molecule has 3 atom stereocenters. The molecule has 0 amide bonds. The molecule has 1 fully saturated rings.